The smallest absolute Gasteiger partial charge is 0.254 e. The number of likely N-dealkylation sites (tertiary alicyclic amines) is 1. The Morgan fingerprint density at radius 1 is 1.04 bits per heavy atom. The van der Waals surface area contributed by atoms with Crippen molar-refractivity contribution in [2.24, 2.45) is 5.73 Å². The van der Waals surface area contributed by atoms with Crippen LogP contribution < -0.4 is 5.73 Å². The van der Waals surface area contributed by atoms with Gasteiger partial charge in [-0.1, -0.05) is 48.0 Å². The number of carbonyl (C=O) groups excluding carboxylic acids is 2. The molecule has 2 N–H and O–H groups in total. The molecule has 1 fully saturated rings. The first-order valence-corrected chi connectivity index (χ1v) is 7.81. The largest absolute Gasteiger partial charge is 0.337 e. The lowest BCUT2D eigenvalue weighted by Crippen LogP contribution is -2.32. The number of rotatable bonds is 3. The van der Waals surface area contributed by atoms with Crippen LogP contribution in [0.5, 0.6) is 0 Å². The summed E-state index contributed by atoms with van der Waals surface area (Å²) in [5, 5.41) is 0. The third-order valence-corrected chi connectivity index (χ3v) is 4.23. The topological polar surface area (TPSA) is 63.4 Å². The molecule has 0 saturated carbocycles. The zero-order valence-corrected chi connectivity index (χ0v) is 13.2. The molecule has 0 aliphatic carbocycles. The molecule has 1 saturated heterocycles. The van der Waals surface area contributed by atoms with E-state index in [9.17, 15) is 9.59 Å². The molecule has 2 aromatic rings. The van der Waals surface area contributed by atoms with Crippen LogP contribution in [-0.2, 0) is 0 Å². The van der Waals surface area contributed by atoms with Gasteiger partial charge in [-0.15, -0.1) is 0 Å². The van der Waals surface area contributed by atoms with Gasteiger partial charge in [0.05, 0.1) is 5.56 Å². The number of hydrogen-bond donors (Lipinski definition) is 1. The van der Waals surface area contributed by atoms with Crippen LogP contribution in [0.2, 0.25) is 0 Å². The molecule has 0 unspecified atom stereocenters. The van der Waals surface area contributed by atoms with E-state index >= 15 is 0 Å². The molecule has 0 spiro atoms. The number of ketones is 1. The van der Waals surface area contributed by atoms with Crippen molar-refractivity contribution in [1.29, 1.82) is 0 Å². The van der Waals surface area contributed by atoms with Crippen LogP contribution >= 0.6 is 0 Å². The summed E-state index contributed by atoms with van der Waals surface area (Å²) in [5.74, 6) is -0.244. The van der Waals surface area contributed by atoms with Crippen molar-refractivity contribution in [3.8, 4) is 0 Å². The van der Waals surface area contributed by atoms with Gasteiger partial charge in [-0.2, -0.15) is 0 Å². The standard InChI is InChI=1S/C19H20N2O2/c1-13-6-8-14(9-7-13)18(22)16-4-2-3-5-17(16)19(23)21-11-10-15(20)12-21/h2-9,15H,10-12,20H2,1H3/t15-/m1/s1. The molecular weight excluding hydrogens is 288 g/mol. The minimum Gasteiger partial charge on any atom is -0.337 e. The molecule has 2 aromatic carbocycles. The van der Waals surface area contributed by atoms with E-state index in [1.165, 1.54) is 0 Å². The van der Waals surface area contributed by atoms with Crippen LogP contribution in [0.4, 0.5) is 0 Å². The lowest BCUT2D eigenvalue weighted by molar-refractivity contribution is 0.0786. The van der Waals surface area contributed by atoms with E-state index < -0.39 is 0 Å². The quantitative estimate of drug-likeness (QED) is 0.886. The number of nitrogens with two attached hydrogens (primary N) is 1. The van der Waals surface area contributed by atoms with Gasteiger partial charge in [0, 0.05) is 30.3 Å². The van der Waals surface area contributed by atoms with Gasteiger partial charge in [-0.3, -0.25) is 9.59 Å². The van der Waals surface area contributed by atoms with Crippen LogP contribution in [0.3, 0.4) is 0 Å². The first kappa shape index (κ1) is 15.4. The SMILES string of the molecule is Cc1ccc(C(=O)c2ccccc2C(=O)N2CC[C@@H](N)C2)cc1. The lowest BCUT2D eigenvalue weighted by Gasteiger charge is -2.17. The number of carbonyl (C=O) groups is 2. The predicted octanol–water partition coefficient (Wildman–Crippen LogP) is 2.40. The molecule has 0 bridgehead atoms. The number of hydrogen-bond acceptors (Lipinski definition) is 3. The Hall–Kier alpha value is -2.46. The highest BCUT2D eigenvalue weighted by atomic mass is 16.2. The highest BCUT2D eigenvalue weighted by Gasteiger charge is 2.27. The Morgan fingerprint density at radius 3 is 2.30 bits per heavy atom. The molecule has 1 atom stereocenters. The van der Waals surface area contributed by atoms with Gasteiger partial charge >= 0.3 is 0 Å². The van der Waals surface area contributed by atoms with Gasteiger partial charge in [0.15, 0.2) is 5.78 Å². The molecule has 0 radical (unpaired) electrons. The molecule has 118 valence electrons. The molecule has 1 aliphatic heterocycles. The molecule has 1 heterocycles. The van der Waals surface area contributed by atoms with Crippen LogP contribution in [0.25, 0.3) is 0 Å². The molecule has 4 nitrogen and oxygen atoms in total. The Kier molecular flexibility index (Phi) is 4.26. The number of benzene rings is 2. The van der Waals surface area contributed by atoms with Gasteiger partial charge in [-0.25, -0.2) is 0 Å². The summed E-state index contributed by atoms with van der Waals surface area (Å²) in [4.78, 5) is 27.2. The van der Waals surface area contributed by atoms with Crippen molar-refractivity contribution >= 4 is 11.7 Å². The lowest BCUT2D eigenvalue weighted by atomic mass is 9.97. The van der Waals surface area contributed by atoms with E-state index in [0.29, 0.717) is 29.8 Å². The molecular formula is C19H20N2O2. The van der Waals surface area contributed by atoms with E-state index in [0.717, 1.165) is 12.0 Å². The Labute approximate surface area is 135 Å². The maximum Gasteiger partial charge on any atom is 0.254 e. The first-order chi connectivity index (χ1) is 11.1. The normalized spacial score (nSPS) is 17.3. The maximum atomic E-state index is 12.8. The highest BCUT2D eigenvalue weighted by Crippen LogP contribution is 2.19. The molecule has 3 rings (SSSR count). The van der Waals surface area contributed by atoms with Gasteiger partial charge in [-0.05, 0) is 19.4 Å². The maximum absolute atomic E-state index is 12.8. The molecule has 1 aliphatic rings. The van der Waals surface area contributed by atoms with Crippen LogP contribution in [0, 0.1) is 6.92 Å². The number of aryl methyl sites for hydroxylation is 1. The fourth-order valence-electron chi connectivity index (χ4n) is 2.87. The molecule has 4 heteroatoms. The monoisotopic (exact) mass is 308 g/mol. The summed E-state index contributed by atoms with van der Waals surface area (Å²) in [7, 11) is 0. The second-order valence-corrected chi connectivity index (χ2v) is 6.04. The Morgan fingerprint density at radius 2 is 1.70 bits per heavy atom. The zero-order valence-electron chi connectivity index (χ0n) is 13.2. The minimum absolute atomic E-state index is 0.0268. The fraction of sp³-hybridized carbons (Fsp3) is 0.263. The average Bonchev–Trinajstić information content (AvgIpc) is 3.01. The summed E-state index contributed by atoms with van der Waals surface area (Å²) >= 11 is 0. The van der Waals surface area contributed by atoms with E-state index in [1.54, 1.807) is 41.3 Å². The second kappa shape index (κ2) is 6.34. The first-order valence-electron chi connectivity index (χ1n) is 7.81. The van der Waals surface area contributed by atoms with Crippen molar-refractivity contribution in [3.05, 3.63) is 70.8 Å². The van der Waals surface area contributed by atoms with Crippen molar-refractivity contribution in [2.75, 3.05) is 13.1 Å². The second-order valence-electron chi connectivity index (χ2n) is 6.04. The van der Waals surface area contributed by atoms with Crippen LogP contribution in [0.1, 0.15) is 38.3 Å². The summed E-state index contributed by atoms with van der Waals surface area (Å²) in [5.41, 5.74) is 8.47. The minimum atomic E-state index is -0.127. The summed E-state index contributed by atoms with van der Waals surface area (Å²) in [6.45, 7) is 3.17. The summed E-state index contributed by atoms with van der Waals surface area (Å²) < 4.78 is 0. The predicted molar refractivity (Wildman–Crippen MR) is 89.5 cm³/mol. The number of nitrogens with zero attached hydrogens (tertiary/aromatic N) is 1. The van der Waals surface area contributed by atoms with Crippen molar-refractivity contribution in [3.63, 3.8) is 0 Å². The highest BCUT2D eigenvalue weighted by molar-refractivity contribution is 6.15. The van der Waals surface area contributed by atoms with Gasteiger partial charge in [0.1, 0.15) is 0 Å². The number of amides is 1. The van der Waals surface area contributed by atoms with E-state index in [2.05, 4.69) is 0 Å². The van der Waals surface area contributed by atoms with E-state index in [1.807, 2.05) is 19.1 Å². The molecule has 1 amide bonds. The Bertz CT molecular complexity index is 737. The summed E-state index contributed by atoms with van der Waals surface area (Å²) in [6.07, 6.45) is 0.805. The van der Waals surface area contributed by atoms with E-state index in [4.69, 9.17) is 5.73 Å². The molecule has 23 heavy (non-hydrogen) atoms. The zero-order chi connectivity index (χ0) is 16.4. The summed E-state index contributed by atoms with van der Waals surface area (Å²) in [6, 6.07) is 14.4. The van der Waals surface area contributed by atoms with Crippen LogP contribution in [-0.4, -0.2) is 35.7 Å². The average molecular weight is 308 g/mol. The third-order valence-electron chi connectivity index (χ3n) is 4.23. The van der Waals surface area contributed by atoms with E-state index in [-0.39, 0.29) is 17.7 Å². The van der Waals surface area contributed by atoms with Crippen molar-refractivity contribution < 1.29 is 9.59 Å². The Balaban J connectivity index is 1.93. The van der Waals surface area contributed by atoms with Gasteiger partial charge in [0.2, 0.25) is 0 Å². The third kappa shape index (κ3) is 3.17. The van der Waals surface area contributed by atoms with Gasteiger partial charge < -0.3 is 10.6 Å². The fourth-order valence-corrected chi connectivity index (χ4v) is 2.87. The van der Waals surface area contributed by atoms with Crippen molar-refractivity contribution in [1.82, 2.24) is 4.90 Å². The molecule has 0 aromatic heterocycles. The van der Waals surface area contributed by atoms with Gasteiger partial charge in [0.25, 0.3) is 5.91 Å². The van der Waals surface area contributed by atoms with Crippen molar-refractivity contribution in [2.45, 2.75) is 19.4 Å². The van der Waals surface area contributed by atoms with Crippen LogP contribution in [0.15, 0.2) is 48.5 Å².